The summed E-state index contributed by atoms with van der Waals surface area (Å²) in [4.78, 5) is 14.2. The Morgan fingerprint density at radius 1 is 1.60 bits per heavy atom. The molecule has 2 heterocycles. The van der Waals surface area contributed by atoms with Crippen LogP contribution in [0, 0.1) is 0 Å². The van der Waals surface area contributed by atoms with E-state index >= 15 is 0 Å². The van der Waals surface area contributed by atoms with Crippen LogP contribution in [0.2, 0.25) is 0 Å². The molecule has 0 bridgehead atoms. The monoisotopic (exact) mass is 228 g/mol. The molecule has 2 atom stereocenters. The van der Waals surface area contributed by atoms with Crippen LogP contribution in [0.3, 0.4) is 0 Å². The Hall–Kier alpha value is -0.220. The van der Waals surface area contributed by atoms with Crippen molar-refractivity contribution in [3.63, 3.8) is 0 Å². The SMILES string of the molecule is CCC1CN(C(=O)[C@@H]2CCCN2)CCS1. The fraction of sp³-hybridized carbons (Fsp3) is 0.909. The lowest BCUT2D eigenvalue weighted by molar-refractivity contribution is -0.133. The Morgan fingerprint density at radius 3 is 3.13 bits per heavy atom. The molecule has 1 N–H and O–H groups in total. The van der Waals surface area contributed by atoms with Gasteiger partial charge in [0, 0.05) is 24.1 Å². The molecule has 0 saturated carbocycles. The third-order valence-electron chi connectivity index (χ3n) is 3.26. The standard InChI is InChI=1S/C11H20N2OS/c1-2-9-8-13(6-7-15-9)11(14)10-4-3-5-12-10/h9-10,12H,2-8H2,1H3/t9?,10-/m0/s1. The summed E-state index contributed by atoms with van der Waals surface area (Å²) in [5.41, 5.74) is 0. The van der Waals surface area contributed by atoms with Crippen molar-refractivity contribution in [2.45, 2.75) is 37.5 Å². The summed E-state index contributed by atoms with van der Waals surface area (Å²) >= 11 is 2.01. The summed E-state index contributed by atoms with van der Waals surface area (Å²) in [5, 5.41) is 3.95. The summed E-state index contributed by atoms with van der Waals surface area (Å²) in [6, 6.07) is 0.116. The predicted octanol–water partition coefficient (Wildman–Crippen LogP) is 1.09. The maximum Gasteiger partial charge on any atom is 0.239 e. The van der Waals surface area contributed by atoms with E-state index in [2.05, 4.69) is 17.1 Å². The lowest BCUT2D eigenvalue weighted by atomic mass is 10.2. The molecule has 0 radical (unpaired) electrons. The highest BCUT2D eigenvalue weighted by atomic mass is 32.2. The van der Waals surface area contributed by atoms with Crippen LogP contribution in [0.15, 0.2) is 0 Å². The van der Waals surface area contributed by atoms with E-state index in [4.69, 9.17) is 0 Å². The van der Waals surface area contributed by atoms with Crippen molar-refractivity contribution < 1.29 is 4.79 Å². The molecular weight excluding hydrogens is 208 g/mol. The zero-order valence-electron chi connectivity index (χ0n) is 9.37. The summed E-state index contributed by atoms with van der Waals surface area (Å²) in [7, 11) is 0. The largest absolute Gasteiger partial charge is 0.339 e. The van der Waals surface area contributed by atoms with Crippen LogP contribution in [-0.2, 0) is 4.79 Å². The minimum atomic E-state index is 0.116. The number of carbonyl (C=O) groups is 1. The third-order valence-corrected chi connectivity index (χ3v) is 4.64. The Morgan fingerprint density at radius 2 is 2.47 bits per heavy atom. The smallest absolute Gasteiger partial charge is 0.239 e. The van der Waals surface area contributed by atoms with Gasteiger partial charge in [0.15, 0.2) is 0 Å². The first-order valence-electron chi connectivity index (χ1n) is 5.95. The highest BCUT2D eigenvalue weighted by Crippen LogP contribution is 2.22. The van der Waals surface area contributed by atoms with Gasteiger partial charge in [-0.3, -0.25) is 4.79 Å². The van der Waals surface area contributed by atoms with E-state index in [0.29, 0.717) is 11.2 Å². The van der Waals surface area contributed by atoms with Crippen molar-refractivity contribution in [2.24, 2.45) is 0 Å². The van der Waals surface area contributed by atoms with Gasteiger partial charge < -0.3 is 10.2 Å². The van der Waals surface area contributed by atoms with E-state index in [1.807, 2.05) is 11.8 Å². The topological polar surface area (TPSA) is 32.3 Å². The molecular formula is C11H20N2OS. The quantitative estimate of drug-likeness (QED) is 0.768. The Balaban J connectivity index is 1.88. The lowest BCUT2D eigenvalue weighted by Gasteiger charge is -2.33. The van der Waals surface area contributed by atoms with Gasteiger partial charge in [0.1, 0.15) is 0 Å². The summed E-state index contributed by atoms with van der Waals surface area (Å²) in [6.45, 7) is 5.12. The fourth-order valence-corrected chi connectivity index (χ4v) is 3.46. The number of hydrogen-bond donors (Lipinski definition) is 1. The molecule has 2 aliphatic rings. The van der Waals surface area contributed by atoms with Gasteiger partial charge in [-0.2, -0.15) is 11.8 Å². The molecule has 2 rings (SSSR count). The maximum absolute atomic E-state index is 12.1. The molecule has 0 aromatic carbocycles. The number of rotatable bonds is 2. The maximum atomic E-state index is 12.1. The molecule has 86 valence electrons. The third kappa shape index (κ3) is 2.67. The second kappa shape index (κ2) is 5.21. The second-order valence-electron chi connectivity index (χ2n) is 4.33. The highest BCUT2D eigenvalue weighted by Gasteiger charge is 2.29. The van der Waals surface area contributed by atoms with Gasteiger partial charge in [-0.1, -0.05) is 6.92 Å². The predicted molar refractivity (Wildman–Crippen MR) is 64.1 cm³/mol. The Kier molecular flexibility index (Phi) is 3.92. The number of hydrogen-bond acceptors (Lipinski definition) is 3. The van der Waals surface area contributed by atoms with Gasteiger partial charge >= 0.3 is 0 Å². The van der Waals surface area contributed by atoms with Crippen LogP contribution < -0.4 is 5.32 Å². The van der Waals surface area contributed by atoms with Crippen LogP contribution in [-0.4, -0.2) is 47.5 Å². The Bertz CT molecular complexity index is 229. The number of amides is 1. The molecule has 1 unspecified atom stereocenters. The van der Waals surface area contributed by atoms with Crippen molar-refractivity contribution >= 4 is 17.7 Å². The van der Waals surface area contributed by atoms with Crippen molar-refractivity contribution in [3.8, 4) is 0 Å². The number of nitrogens with one attached hydrogen (secondary N) is 1. The van der Waals surface area contributed by atoms with Crippen molar-refractivity contribution in [1.29, 1.82) is 0 Å². The zero-order valence-corrected chi connectivity index (χ0v) is 10.2. The van der Waals surface area contributed by atoms with Gasteiger partial charge in [-0.25, -0.2) is 0 Å². The molecule has 2 aliphatic heterocycles. The molecule has 0 aromatic rings. The number of thioether (sulfide) groups is 1. The average molecular weight is 228 g/mol. The average Bonchev–Trinajstić information content (AvgIpc) is 2.81. The summed E-state index contributed by atoms with van der Waals surface area (Å²) in [6.07, 6.45) is 3.35. The summed E-state index contributed by atoms with van der Waals surface area (Å²) in [5.74, 6) is 1.45. The molecule has 0 aromatic heterocycles. The minimum Gasteiger partial charge on any atom is -0.339 e. The van der Waals surface area contributed by atoms with Crippen molar-refractivity contribution in [1.82, 2.24) is 10.2 Å². The van der Waals surface area contributed by atoms with E-state index < -0.39 is 0 Å². The highest BCUT2D eigenvalue weighted by molar-refractivity contribution is 8.00. The molecule has 15 heavy (non-hydrogen) atoms. The normalized spacial score (nSPS) is 31.9. The van der Waals surface area contributed by atoms with Crippen LogP contribution >= 0.6 is 11.8 Å². The lowest BCUT2D eigenvalue weighted by Crippen LogP contribution is -2.48. The van der Waals surface area contributed by atoms with E-state index in [9.17, 15) is 4.79 Å². The van der Waals surface area contributed by atoms with E-state index in [1.165, 1.54) is 6.42 Å². The minimum absolute atomic E-state index is 0.116. The Labute approximate surface area is 96.0 Å². The van der Waals surface area contributed by atoms with E-state index in [0.717, 1.165) is 38.2 Å². The van der Waals surface area contributed by atoms with Crippen LogP contribution in [0.4, 0.5) is 0 Å². The van der Waals surface area contributed by atoms with Crippen LogP contribution in [0.5, 0.6) is 0 Å². The first kappa shape index (κ1) is 11.3. The van der Waals surface area contributed by atoms with Gasteiger partial charge in [0.05, 0.1) is 6.04 Å². The molecule has 0 aliphatic carbocycles. The van der Waals surface area contributed by atoms with Crippen LogP contribution in [0.1, 0.15) is 26.2 Å². The van der Waals surface area contributed by atoms with E-state index in [-0.39, 0.29) is 6.04 Å². The molecule has 2 fully saturated rings. The number of carbonyl (C=O) groups excluding carboxylic acids is 1. The first-order chi connectivity index (χ1) is 7.31. The molecule has 3 nitrogen and oxygen atoms in total. The van der Waals surface area contributed by atoms with Gasteiger partial charge in [-0.15, -0.1) is 0 Å². The van der Waals surface area contributed by atoms with E-state index in [1.54, 1.807) is 0 Å². The zero-order chi connectivity index (χ0) is 10.7. The molecule has 0 spiro atoms. The van der Waals surface area contributed by atoms with Crippen molar-refractivity contribution in [2.75, 3.05) is 25.4 Å². The molecule has 2 saturated heterocycles. The van der Waals surface area contributed by atoms with Gasteiger partial charge in [0.25, 0.3) is 0 Å². The van der Waals surface area contributed by atoms with Gasteiger partial charge in [0.2, 0.25) is 5.91 Å². The van der Waals surface area contributed by atoms with Crippen molar-refractivity contribution in [3.05, 3.63) is 0 Å². The second-order valence-corrected chi connectivity index (χ2v) is 5.74. The molecule has 4 heteroatoms. The van der Waals surface area contributed by atoms with Crippen LogP contribution in [0.25, 0.3) is 0 Å². The van der Waals surface area contributed by atoms with Gasteiger partial charge in [-0.05, 0) is 25.8 Å². The fourth-order valence-electron chi connectivity index (χ4n) is 2.28. The number of nitrogens with zero attached hydrogens (tertiary/aromatic N) is 1. The first-order valence-corrected chi connectivity index (χ1v) is 7.00. The summed E-state index contributed by atoms with van der Waals surface area (Å²) < 4.78 is 0. The molecule has 1 amide bonds.